The minimum Gasteiger partial charge on any atom is -0.493 e. The lowest BCUT2D eigenvalue weighted by Crippen LogP contribution is -2.40. The van der Waals surface area contributed by atoms with E-state index in [2.05, 4.69) is 4.90 Å². The van der Waals surface area contributed by atoms with Crippen LogP contribution in [0.2, 0.25) is 10.0 Å². The maximum absolute atomic E-state index is 6.46. The molecule has 0 unspecified atom stereocenters. The van der Waals surface area contributed by atoms with Crippen LogP contribution in [0.5, 0.6) is 11.5 Å². The highest BCUT2D eigenvalue weighted by molar-refractivity contribution is 7.80. The molecule has 2 aromatic rings. The summed E-state index contributed by atoms with van der Waals surface area (Å²) in [4.78, 5) is 2.83. The highest BCUT2D eigenvalue weighted by Crippen LogP contribution is 2.37. The highest BCUT2D eigenvalue weighted by Gasteiger charge is 2.19. The molecule has 138 valence electrons. The predicted molar refractivity (Wildman–Crippen MR) is 108 cm³/mol. The monoisotopic (exact) mass is 411 g/mol. The van der Waals surface area contributed by atoms with Crippen LogP contribution in [0.1, 0.15) is 11.1 Å². The first-order valence-corrected chi connectivity index (χ1v) is 9.37. The van der Waals surface area contributed by atoms with Crippen molar-refractivity contribution < 1.29 is 14.2 Å². The minimum atomic E-state index is 0.295. The van der Waals surface area contributed by atoms with Crippen molar-refractivity contribution >= 4 is 40.4 Å². The molecule has 0 spiro atoms. The van der Waals surface area contributed by atoms with E-state index in [1.165, 1.54) is 0 Å². The third kappa shape index (κ3) is 4.41. The van der Waals surface area contributed by atoms with Gasteiger partial charge in [-0.1, -0.05) is 53.6 Å². The maximum atomic E-state index is 6.46. The quantitative estimate of drug-likeness (QED) is 0.671. The van der Waals surface area contributed by atoms with E-state index in [4.69, 9.17) is 49.6 Å². The lowest BCUT2D eigenvalue weighted by atomic mass is 10.1. The zero-order chi connectivity index (χ0) is 18.5. The Morgan fingerprint density at radius 3 is 2.58 bits per heavy atom. The van der Waals surface area contributed by atoms with Crippen LogP contribution >= 0.6 is 35.4 Å². The van der Waals surface area contributed by atoms with E-state index >= 15 is 0 Å². The SMILES string of the molecule is COc1cc(C(=S)N2CCOCC2)cc(Cl)c1OCc1ccccc1Cl. The Labute approximate surface area is 168 Å². The molecule has 1 aliphatic heterocycles. The molecule has 3 rings (SSSR count). The number of ether oxygens (including phenoxy) is 3. The average Bonchev–Trinajstić information content (AvgIpc) is 2.67. The van der Waals surface area contributed by atoms with Crippen molar-refractivity contribution in [1.29, 1.82) is 0 Å². The smallest absolute Gasteiger partial charge is 0.180 e. The van der Waals surface area contributed by atoms with Gasteiger partial charge in [-0.25, -0.2) is 0 Å². The number of morpholine rings is 1. The van der Waals surface area contributed by atoms with E-state index in [9.17, 15) is 0 Å². The molecule has 0 atom stereocenters. The largest absolute Gasteiger partial charge is 0.493 e. The first kappa shape index (κ1) is 19.2. The van der Waals surface area contributed by atoms with Gasteiger partial charge in [-0.05, 0) is 18.2 Å². The Morgan fingerprint density at radius 2 is 1.88 bits per heavy atom. The van der Waals surface area contributed by atoms with E-state index < -0.39 is 0 Å². The first-order chi connectivity index (χ1) is 12.6. The molecule has 2 aromatic carbocycles. The summed E-state index contributed by atoms with van der Waals surface area (Å²) in [5.74, 6) is 1.01. The van der Waals surface area contributed by atoms with Gasteiger partial charge in [0.2, 0.25) is 0 Å². The number of halogens is 2. The van der Waals surface area contributed by atoms with Crippen molar-refractivity contribution in [2.24, 2.45) is 0 Å². The Balaban J connectivity index is 1.80. The van der Waals surface area contributed by atoms with Crippen molar-refractivity contribution in [1.82, 2.24) is 4.90 Å². The van der Waals surface area contributed by atoms with E-state index in [0.717, 1.165) is 29.2 Å². The van der Waals surface area contributed by atoms with E-state index in [0.29, 0.717) is 41.4 Å². The lowest BCUT2D eigenvalue weighted by molar-refractivity contribution is 0.0693. The number of thiocarbonyl (C=S) groups is 1. The average molecular weight is 412 g/mol. The standard InChI is InChI=1S/C19H19Cl2NO3S/c1-23-17-11-14(19(26)22-6-8-24-9-7-22)10-16(21)18(17)25-12-13-4-2-3-5-15(13)20/h2-5,10-11H,6-9,12H2,1H3. The molecule has 26 heavy (non-hydrogen) atoms. The van der Waals surface area contributed by atoms with Crippen LogP contribution in [0.3, 0.4) is 0 Å². The summed E-state index contributed by atoms with van der Waals surface area (Å²) in [6.07, 6.45) is 0. The Morgan fingerprint density at radius 1 is 1.15 bits per heavy atom. The van der Waals surface area contributed by atoms with Gasteiger partial charge in [-0.3, -0.25) is 0 Å². The van der Waals surface area contributed by atoms with E-state index in [1.54, 1.807) is 7.11 Å². The molecule has 7 heteroatoms. The third-order valence-electron chi connectivity index (χ3n) is 4.10. The topological polar surface area (TPSA) is 30.9 Å². The van der Waals surface area contributed by atoms with E-state index in [1.807, 2.05) is 36.4 Å². The predicted octanol–water partition coefficient (Wildman–Crippen LogP) is 4.59. The van der Waals surface area contributed by atoms with Crippen LogP contribution in [0.4, 0.5) is 0 Å². The molecular weight excluding hydrogens is 393 g/mol. The van der Waals surface area contributed by atoms with Gasteiger partial charge in [0.1, 0.15) is 11.6 Å². The highest BCUT2D eigenvalue weighted by atomic mass is 35.5. The molecule has 0 aromatic heterocycles. The van der Waals surface area contributed by atoms with Crippen molar-refractivity contribution in [3.8, 4) is 11.5 Å². The zero-order valence-corrected chi connectivity index (χ0v) is 16.7. The number of methoxy groups -OCH3 is 1. The second kappa shape index (κ2) is 8.91. The van der Waals surface area contributed by atoms with Crippen LogP contribution in [0.15, 0.2) is 36.4 Å². The van der Waals surface area contributed by atoms with Gasteiger partial charge < -0.3 is 19.1 Å². The number of rotatable bonds is 5. The van der Waals surface area contributed by atoms with Crippen LogP contribution in [0, 0.1) is 0 Å². The van der Waals surface area contributed by atoms with Gasteiger partial charge in [-0.2, -0.15) is 0 Å². The molecule has 0 bridgehead atoms. The molecule has 0 aliphatic carbocycles. The van der Waals surface area contributed by atoms with Gasteiger partial charge in [0.25, 0.3) is 0 Å². The lowest BCUT2D eigenvalue weighted by Gasteiger charge is -2.29. The zero-order valence-electron chi connectivity index (χ0n) is 14.3. The molecular formula is C19H19Cl2NO3S. The molecule has 1 aliphatic rings. The Hall–Kier alpha value is -1.53. The second-order valence-corrected chi connectivity index (χ2v) is 6.98. The van der Waals surface area contributed by atoms with Crippen molar-refractivity contribution in [3.05, 3.63) is 57.6 Å². The van der Waals surface area contributed by atoms with Crippen LogP contribution in [-0.2, 0) is 11.3 Å². The summed E-state index contributed by atoms with van der Waals surface area (Å²) >= 11 is 18.2. The van der Waals surface area contributed by atoms with Gasteiger partial charge in [0.05, 0.1) is 25.3 Å². The van der Waals surface area contributed by atoms with Crippen molar-refractivity contribution in [2.75, 3.05) is 33.4 Å². The molecule has 0 N–H and O–H groups in total. The molecule has 4 nitrogen and oxygen atoms in total. The van der Waals surface area contributed by atoms with E-state index in [-0.39, 0.29) is 0 Å². The summed E-state index contributed by atoms with van der Waals surface area (Å²) in [5.41, 5.74) is 1.70. The molecule has 0 radical (unpaired) electrons. The molecule has 1 saturated heterocycles. The number of hydrogen-bond donors (Lipinski definition) is 0. The molecule has 0 saturated carbocycles. The van der Waals surface area contributed by atoms with Crippen LogP contribution < -0.4 is 9.47 Å². The van der Waals surface area contributed by atoms with Crippen LogP contribution in [0.25, 0.3) is 0 Å². The second-order valence-electron chi connectivity index (χ2n) is 5.77. The normalized spacial score (nSPS) is 14.2. The van der Waals surface area contributed by atoms with Crippen molar-refractivity contribution in [3.63, 3.8) is 0 Å². The third-order valence-corrected chi connectivity index (χ3v) is 5.25. The number of hydrogen-bond acceptors (Lipinski definition) is 4. The van der Waals surface area contributed by atoms with Crippen LogP contribution in [-0.4, -0.2) is 43.3 Å². The molecule has 0 amide bonds. The fourth-order valence-corrected chi connectivity index (χ4v) is 3.45. The number of benzene rings is 2. The fourth-order valence-electron chi connectivity index (χ4n) is 2.70. The minimum absolute atomic E-state index is 0.295. The summed E-state index contributed by atoms with van der Waals surface area (Å²) in [5, 5.41) is 1.09. The Bertz CT molecular complexity index is 794. The number of nitrogens with zero attached hydrogens (tertiary/aromatic N) is 1. The summed E-state index contributed by atoms with van der Waals surface area (Å²) in [7, 11) is 1.58. The van der Waals surface area contributed by atoms with Gasteiger partial charge in [0, 0.05) is 29.2 Å². The maximum Gasteiger partial charge on any atom is 0.180 e. The summed E-state index contributed by atoms with van der Waals surface area (Å²) in [6.45, 7) is 3.17. The molecule has 1 heterocycles. The van der Waals surface area contributed by atoms with Gasteiger partial charge in [0.15, 0.2) is 11.5 Å². The fraction of sp³-hybridized carbons (Fsp3) is 0.316. The Kier molecular flexibility index (Phi) is 6.59. The van der Waals surface area contributed by atoms with Gasteiger partial charge in [-0.15, -0.1) is 0 Å². The first-order valence-electron chi connectivity index (χ1n) is 8.21. The summed E-state index contributed by atoms with van der Waals surface area (Å²) < 4.78 is 16.7. The van der Waals surface area contributed by atoms with Crippen molar-refractivity contribution in [2.45, 2.75) is 6.61 Å². The van der Waals surface area contributed by atoms with Gasteiger partial charge >= 0.3 is 0 Å². The summed E-state index contributed by atoms with van der Waals surface area (Å²) in [6, 6.07) is 11.2. The molecule has 1 fully saturated rings.